The summed E-state index contributed by atoms with van der Waals surface area (Å²) < 4.78 is 0. The highest BCUT2D eigenvalue weighted by atomic mass is 16.4. The first-order valence-electron chi connectivity index (χ1n) is 5.62. The Morgan fingerprint density at radius 1 is 1.53 bits per heavy atom. The number of hydrogen-bond acceptors (Lipinski definition) is 4. The smallest absolute Gasteiger partial charge is 0.153 e. The molecule has 0 amide bonds. The van der Waals surface area contributed by atoms with E-state index in [4.69, 9.17) is 10.9 Å². The van der Waals surface area contributed by atoms with Gasteiger partial charge in [-0.2, -0.15) is 0 Å². The molecule has 15 heavy (non-hydrogen) atoms. The van der Waals surface area contributed by atoms with Crippen molar-refractivity contribution in [2.75, 3.05) is 32.7 Å². The summed E-state index contributed by atoms with van der Waals surface area (Å²) in [6.07, 6.45) is 2.68. The zero-order valence-electron chi connectivity index (χ0n) is 9.45. The SMILES string of the molecule is CC(CNCC(N)=NO)CN1CCCC1. The van der Waals surface area contributed by atoms with Crippen LogP contribution in [0.4, 0.5) is 0 Å². The van der Waals surface area contributed by atoms with E-state index in [1.807, 2.05) is 0 Å². The minimum absolute atomic E-state index is 0.239. The molecule has 0 aliphatic carbocycles. The van der Waals surface area contributed by atoms with E-state index >= 15 is 0 Å². The van der Waals surface area contributed by atoms with Gasteiger partial charge in [0.15, 0.2) is 5.84 Å². The van der Waals surface area contributed by atoms with Gasteiger partial charge in [0, 0.05) is 6.54 Å². The van der Waals surface area contributed by atoms with Crippen molar-refractivity contribution in [2.45, 2.75) is 19.8 Å². The summed E-state index contributed by atoms with van der Waals surface area (Å²) in [4.78, 5) is 2.50. The van der Waals surface area contributed by atoms with Gasteiger partial charge >= 0.3 is 0 Å². The molecule has 0 spiro atoms. The molecule has 5 nitrogen and oxygen atoms in total. The Hall–Kier alpha value is -0.810. The Labute approximate surface area is 91.3 Å². The average Bonchev–Trinajstić information content (AvgIpc) is 2.70. The minimum Gasteiger partial charge on any atom is -0.409 e. The second-order valence-electron chi connectivity index (χ2n) is 4.34. The molecule has 0 aromatic rings. The number of likely N-dealkylation sites (tertiary alicyclic amines) is 1. The molecule has 88 valence electrons. The van der Waals surface area contributed by atoms with Gasteiger partial charge in [-0.05, 0) is 38.4 Å². The number of nitrogens with two attached hydrogens (primary N) is 1. The van der Waals surface area contributed by atoms with Crippen LogP contribution in [0, 0.1) is 5.92 Å². The molecule has 1 rings (SSSR count). The van der Waals surface area contributed by atoms with Gasteiger partial charge in [-0.3, -0.25) is 0 Å². The van der Waals surface area contributed by atoms with Crippen LogP contribution in [0.5, 0.6) is 0 Å². The summed E-state index contributed by atoms with van der Waals surface area (Å²) in [5.41, 5.74) is 5.35. The van der Waals surface area contributed by atoms with Crippen LogP contribution in [0.3, 0.4) is 0 Å². The van der Waals surface area contributed by atoms with Gasteiger partial charge in [0.2, 0.25) is 0 Å². The zero-order chi connectivity index (χ0) is 11.1. The maximum Gasteiger partial charge on any atom is 0.153 e. The molecular formula is C10H22N4O. The van der Waals surface area contributed by atoms with E-state index in [-0.39, 0.29) is 5.84 Å². The lowest BCUT2D eigenvalue weighted by Crippen LogP contribution is -2.35. The molecule has 4 N–H and O–H groups in total. The molecule has 0 aromatic heterocycles. The third kappa shape index (κ3) is 4.99. The third-order valence-corrected chi connectivity index (χ3v) is 2.70. The fraction of sp³-hybridized carbons (Fsp3) is 0.900. The van der Waals surface area contributed by atoms with Crippen LogP contribution in [0.25, 0.3) is 0 Å². The van der Waals surface area contributed by atoms with Crippen molar-refractivity contribution in [2.24, 2.45) is 16.8 Å². The molecule has 0 bridgehead atoms. The predicted molar refractivity (Wildman–Crippen MR) is 61.1 cm³/mol. The van der Waals surface area contributed by atoms with Crippen LogP contribution in [0.15, 0.2) is 5.16 Å². The number of oxime groups is 1. The summed E-state index contributed by atoms with van der Waals surface area (Å²) in [5, 5.41) is 14.4. The first-order chi connectivity index (χ1) is 7.22. The first kappa shape index (κ1) is 12.3. The third-order valence-electron chi connectivity index (χ3n) is 2.70. The summed E-state index contributed by atoms with van der Waals surface area (Å²) in [5.74, 6) is 0.845. The van der Waals surface area contributed by atoms with Crippen LogP contribution in [-0.2, 0) is 0 Å². The van der Waals surface area contributed by atoms with Crippen molar-refractivity contribution >= 4 is 5.84 Å². The van der Waals surface area contributed by atoms with Crippen molar-refractivity contribution in [3.8, 4) is 0 Å². The van der Waals surface area contributed by atoms with Crippen LogP contribution in [0.1, 0.15) is 19.8 Å². The molecule has 1 aliphatic heterocycles. The minimum atomic E-state index is 0.239. The van der Waals surface area contributed by atoms with Crippen molar-refractivity contribution in [1.82, 2.24) is 10.2 Å². The van der Waals surface area contributed by atoms with Crippen LogP contribution in [0.2, 0.25) is 0 Å². The predicted octanol–water partition coefficient (Wildman–Crippen LogP) is 0.0543. The lowest BCUT2D eigenvalue weighted by molar-refractivity contribution is 0.284. The highest BCUT2D eigenvalue weighted by Gasteiger charge is 2.14. The molecular weight excluding hydrogens is 192 g/mol. The van der Waals surface area contributed by atoms with E-state index in [0.717, 1.165) is 13.1 Å². The van der Waals surface area contributed by atoms with Gasteiger partial charge in [0.25, 0.3) is 0 Å². The number of amidine groups is 1. The number of rotatable bonds is 6. The topological polar surface area (TPSA) is 73.9 Å². The van der Waals surface area contributed by atoms with Crippen molar-refractivity contribution in [3.05, 3.63) is 0 Å². The summed E-state index contributed by atoms with van der Waals surface area (Å²) >= 11 is 0. The van der Waals surface area contributed by atoms with E-state index in [9.17, 15) is 0 Å². The van der Waals surface area contributed by atoms with E-state index in [1.54, 1.807) is 0 Å². The van der Waals surface area contributed by atoms with Gasteiger partial charge in [-0.1, -0.05) is 12.1 Å². The van der Waals surface area contributed by atoms with Crippen LogP contribution in [-0.4, -0.2) is 48.7 Å². The van der Waals surface area contributed by atoms with Gasteiger partial charge in [-0.25, -0.2) is 0 Å². The van der Waals surface area contributed by atoms with E-state index in [1.165, 1.54) is 25.9 Å². The Morgan fingerprint density at radius 2 is 2.20 bits per heavy atom. The molecule has 1 fully saturated rings. The standard InChI is InChI=1S/C10H22N4O/c1-9(6-12-7-10(11)13-15)8-14-4-2-3-5-14/h9,12,15H,2-8H2,1H3,(H2,11,13). The molecule has 5 heteroatoms. The quantitative estimate of drug-likeness (QED) is 0.253. The summed E-state index contributed by atoms with van der Waals surface area (Å²) in [6, 6.07) is 0. The molecule has 1 saturated heterocycles. The fourth-order valence-corrected chi connectivity index (χ4v) is 1.95. The summed E-state index contributed by atoms with van der Waals surface area (Å²) in [6.45, 7) is 7.21. The average molecular weight is 214 g/mol. The Balaban J connectivity index is 2.05. The lowest BCUT2D eigenvalue weighted by atomic mass is 10.1. The van der Waals surface area contributed by atoms with E-state index in [2.05, 4.69) is 22.3 Å². The Morgan fingerprint density at radius 3 is 2.80 bits per heavy atom. The van der Waals surface area contributed by atoms with Crippen LogP contribution < -0.4 is 11.1 Å². The molecule has 0 aromatic carbocycles. The number of nitrogens with one attached hydrogen (secondary N) is 1. The molecule has 0 saturated carbocycles. The fourth-order valence-electron chi connectivity index (χ4n) is 1.95. The number of nitrogens with zero attached hydrogens (tertiary/aromatic N) is 2. The van der Waals surface area contributed by atoms with E-state index < -0.39 is 0 Å². The Bertz CT molecular complexity index is 202. The van der Waals surface area contributed by atoms with Crippen molar-refractivity contribution in [1.29, 1.82) is 0 Å². The van der Waals surface area contributed by atoms with Crippen molar-refractivity contribution in [3.63, 3.8) is 0 Å². The monoisotopic (exact) mass is 214 g/mol. The maximum atomic E-state index is 8.34. The first-order valence-corrected chi connectivity index (χ1v) is 5.62. The second-order valence-corrected chi connectivity index (χ2v) is 4.34. The van der Waals surface area contributed by atoms with Gasteiger partial charge < -0.3 is 21.2 Å². The number of hydrogen-bond donors (Lipinski definition) is 3. The highest BCUT2D eigenvalue weighted by Crippen LogP contribution is 2.09. The molecule has 0 radical (unpaired) electrons. The van der Waals surface area contributed by atoms with Crippen molar-refractivity contribution < 1.29 is 5.21 Å². The molecule has 1 heterocycles. The molecule has 1 atom stereocenters. The highest BCUT2D eigenvalue weighted by molar-refractivity contribution is 5.81. The second kappa shape index (κ2) is 6.63. The largest absolute Gasteiger partial charge is 0.409 e. The van der Waals surface area contributed by atoms with E-state index in [0.29, 0.717) is 12.5 Å². The molecule has 1 aliphatic rings. The van der Waals surface area contributed by atoms with Gasteiger partial charge in [-0.15, -0.1) is 0 Å². The van der Waals surface area contributed by atoms with Crippen LogP contribution >= 0.6 is 0 Å². The summed E-state index contributed by atoms with van der Waals surface area (Å²) in [7, 11) is 0. The van der Waals surface area contributed by atoms with Gasteiger partial charge in [0.05, 0.1) is 6.54 Å². The normalized spacial score (nSPS) is 20.7. The Kier molecular flexibility index (Phi) is 5.42. The zero-order valence-corrected chi connectivity index (χ0v) is 9.45. The van der Waals surface area contributed by atoms with Gasteiger partial charge in [0.1, 0.15) is 0 Å². The lowest BCUT2D eigenvalue weighted by Gasteiger charge is -2.20. The maximum absolute atomic E-state index is 8.34. The molecule has 1 unspecified atom stereocenters.